The van der Waals surface area contributed by atoms with Gasteiger partial charge in [-0.05, 0) is 11.4 Å². The normalized spacial score (nSPS) is 14.9. The molecule has 0 aromatic carbocycles. The van der Waals surface area contributed by atoms with Crippen LogP contribution in [-0.4, -0.2) is 58.0 Å². The van der Waals surface area contributed by atoms with Gasteiger partial charge in [0.15, 0.2) is 0 Å². The summed E-state index contributed by atoms with van der Waals surface area (Å²) in [5, 5.41) is 9.62. The fraction of sp³-hybridized carbons (Fsp3) is 0.500. The number of carbonyl (C=O) groups excluding carboxylic acids is 2. The van der Waals surface area contributed by atoms with Gasteiger partial charge in [-0.1, -0.05) is 6.07 Å². The molecule has 1 aliphatic rings. The molecule has 1 aliphatic heterocycles. The molecule has 0 bridgehead atoms. The molecule has 2 aromatic heterocycles. The third-order valence-electron chi connectivity index (χ3n) is 4.01. The van der Waals surface area contributed by atoms with Gasteiger partial charge in [-0.2, -0.15) is 0 Å². The van der Waals surface area contributed by atoms with Crippen molar-refractivity contribution in [3.05, 3.63) is 34.2 Å². The van der Waals surface area contributed by atoms with Gasteiger partial charge >= 0.3 is 0 Å². The highest BCUT2D eigenvalue weighted by molar-refractivity contribution is 7.10. The summed E-state index contributed by atoms with van der Waals surface area (Å²) in [4.78, 5) is 29.2. The number of rotatable bonds is 5. The third kappa shape index (κ3) is 4.19. The highest BCUT2D eigenvalue weighted by atomic mass is 32.1. The number of hydrogen-bond donors (Lipinski definition) is 0. The fourth-order valence-corrected chi connectivity index (χ4v) is 3.39. The Bertz CT molecular complexity index is 690. The van der Waals surface area contributed by atoms with Gasteiger partial charge in [-0.3, -0.25) is 9.59 Å². The van der Waals surface area contributed by atoms with Crippen molar-refractivity contribution in [3.63, 3.8) is 0 Å². The Balaban J connectivity index is 1.42. The molecular formula is C16H20N4O3S. The largest absolute Gasteiger partial charge is 0.426 e. The van der Waals surface area contributed by atoms with E-state index in [9.17, 15) is 9.59 Å². The maximum Gasteiger partial charge on any atom is 0.227 e. The first kappa shape index (κ1) is 16.6. The van der Waals surface area contributed by atoms with Gasteiger partial charge in [-0.15, -0.1) is 21.5 Å². The van der Waals surface area contributed by atoms with Gasteiger partial charge in [-0.25, -0.2) is 0 Å². The molecule has 1 saturated heterocycles. The Morgan fingerprint density at radius 3 is 2.46 bits per heavy atom. The van der Waals surface area contributed by atoms with Crippen LogP contribution in [0.3, 0.4) is 0 Å². The van der Waals surface area contributed by atoms with Crippen molar-refractivity contribution in [2.24, 2.45) is 0 Å². The van der Waals surface area contributed by atoms with E-state index in [2.05, 4.69) is 10.2 Å². The van der Waals surface area contributed by atoms with E-state index in [0.29, 0.717) is 57.2 Å². The van der Waals surface area contributed by atoms with Crippen molar-refractivity contribution in [1.82, 2.24) is 20.0 Å². The van der Waals surface area contributed by atoms with E-state index in [1.54, 1.807) is 23.2 Å². The summed E-state index contributed by atoms with van der Waals surface area (Å²) in [5.41, 5.74) is 0. The number of piperazine rings is 1. The summed E-state index contributed by atoms with van der Waals surface area (Å²) in [7, 11) is 0. The predicted molar refractivity (Wildman–Crippen MR) is 88.5 cm³/mol. The lowest BCUT2D eigenvalue weighted by molar-refractivity contribution is -0.139. The number of carbonyl (C=O) groups is 2. The number of amides is 2. The van der Waals surface area contributed by atoms with Crippen molar-refractivity contribution < 1.29 is 14.0 Å². The first-order valence-corrected chi connectivity index (χ1v) is 8.86. The lowest BCUT2D eigenvalue weighted by atomic mass is 10.2. The lowest BCUT2D eigenvalue weighted by Crippen LogP contribution is -2.51. The van der Waals surface area contributed by atoms with Crippen LogP contribution in [0.2, 0.25) is 0 Å². The highest BCUT2D eigenvalue weighted by Gasteiger charge is 2.24. The molecule has 0 radical (unpaired) electrons. The summed E-state index contributed by atoms with van der Waals surface area (Å²) in [6, 6.07) is 3.93. The number of nitrogens with zero attached hydrogens (tertiary/aromatic N) is 4. The van der Waals surface area contributed by atoms with Crippen LogP contribution in [0, 0.1) is 6.92 Å². The molecule has 1 fully saturated rings. The van der Waals surface area contributed by atoms with Crippen molar-refractivity contribution in [1.29, 1.82) is 0 Å². The molecule has 3 heterocycles. The fourth-order valence-electron chi connectivity index (χ4n) is 2.69. The summed E-state index contributed by atoms with van der Waals surface area (Å²) in [5.74, 6) is 1.20. The molecule has 128 valence electrons. The molecular weight excluding hydrogens is 328 g/mol. The van der Waals surface area contributed by atoms with Crippen LogP contribution in [-0.2, 0) is 22.4 Å². The zero-order valence-electron chi connectivity index (χ0n) is 13.6. The molecule has 7 nitrogen and oxygen atoms in total. The molecule has 0 aliphatic carbocycles. The number of aromatic nitrogens is 2. The van der Waals surface area contributed by atoms with Crippen molar-refractivity contribution in [2.45, 2.75) is 26.2 Å². The van der Waals surface area contributed by atoms with Crippen LogP contribution in [0.4, 0.5) is 0 Å². The van der Waals surface area contributed by atoms with Crippen molar-refractivity contribution >= 4 is 23.2 Å². The van der Waals surface area contributed by atoms with E-state index in [0.717, 1.165) is 4.88 Å². The minimum atomic E-state index is 0.0659. The maximum atomic E-state index is 12.3. The third-order valence-corrected chi connectivity index (χ3v) is 4.89. The van der Waals surface area contributed by atoms with E-state index in [1.807, 2.05) is 22.4 Å². The molecule has 0 N–H and O–H groups in total. The molecule has 0 spiro atoms. The van der Waals surface area contributed by atoms with Gasteiger partial charge in [0.1, 0.15) is 0 Å². The smallest absolute Gasteiger partial charge is 0.227 e. The summed E-state index contributed by atoms with van der Waals surface area (Å²) < 4.78 is 5.27. The highest BCUT2D eigenvalue weighted by Crippen LogP contribution is 2.13. The van der Waals surface area contributed by atoms with Crippen molar-refractivity contribution in [3.8, 4) is 0 Å². The first-order valence-electron chi connectivity index (χ1n) is 7.99. The molecule has 24 heavy (non-hydrogen) atoms. The SMILES string of the molecule is Cc1nnc(CCC(=O)N2CCN(C(=O)Cc3cccs3)CC2)o1. The summed E-state index contributed by atoms with van der Waals surface area (Å²) >= 11 is 1.59. The molecule has 0 saturated carbocycles. The minimum absolute atomic E-state index is 0.0659. The summed E-state index contributed by atoms with van der Waals surface area (Å²) in [6.45, 7) is 4.08. The molecule has 0 atom stereocenters. The zero-order chi connectivity index (χ0) is 16.9. The van der Waals surface area contributed by atoms with Crippen LogP contribution in [0.5, 0.6) is 0 Å². The van der Waals surface area contributed by atoms with E-state index in [1.165, 1.54) is 0 Å². The van der Waals surface area contributed by atoms with Gasteiger partial charge in [0.05, 0.1) is 6.42 Å². The monoisotopic (exact) mass is 348 g/mol. The van der Waals surface area contributed by atoms with E-state index >= 15 is 0 Å². The quantitative estimate of drug-likeness (QED) is 0.813. The second-order valence-electron chi connectivity index (χ2n) is 5.73. The number of thiophene rings is 1. The minimum Gasteiger partial charge on any atom is -0.426 e. The molecule has 3 rings (SSSR count). The Labute approximate surface area is 144 Å². The second kappa shape index (κ2) is 7.57. The van der Waals surface area contributed by atoms with E-state index in [-0.39, 0.29) is 11.8 Å². The Morgan fingerprint density at radius 2 is 1.88 bits per heavy atom. The zero-order valence-corrected chi connectivity index (χ0v) is 14.4. The van der Waals surface area contributed by atoms with Crippen LogP contribution < -0.4 is 0 Å². The van der Waals surface area contributed by atoms with Crippen LogP contribution >= 0.6 is 11.3 Å². The van der Waals surface area contributed by atoms with Gasteiger partial charge < -0.3 is 14.2 Å². The Kier molecular flexibility index (Phi) is 5.24. The molecule has 2 amide bonds. The van der Waals surface area contributed by atoms with Crippen LogP contribution in [0.15, 0.2) is 21.9 Å². The van der Waals surface area contributed by atoms with Crippen LogP contribution in [0.25, 0.3) is 0 Å². The number of hydrogen-bond acceptors (Lipinski definition) is 6. The molecule has 0 unspecified atom stereocenters. The van der Waals surface area contributed by atoms with Gasteiger partial charge in [0.2, 0.25) is 23.6 Å². The van der Waals surface area contributed by atoms with Crippen LogP contribution in [0.1, 0.15) is 23.1 Å². The summed E-state index contributed by atoms with van der Waals surface area (Å²) in [6.07, 6.45) is 1.25. The molecule has 8 heteroatoms. The van der Waals surface area contributed by atoms with Gasteiger partial charge in [0.25, 0.3) is 0 Å². The van der Waals surface area contributed by atoms with E-state index < -0.39 is 0 Å². The lowest BCUT2D eigenvalue weighted by Gasteiger charge is -2.34. The average Bonchev–Trinajstić information content (AvgIpc) is 3.24. The van der Waals surface area contributed by atoms with Gasteiger partial charge in [0, 0.05) is 50.8 Å². The van der Waals surface area contributed by atoms with E-state index in [4.69, 9.17) is 4.42 Å². The first-order chi connectivity index (χ1) is 11.6. The maximum absolute atomic E-state index is 12.3. The standard InChI is InChI=1S/C16H20N4O3S/c1-12-17-18-14(23-12)4-5-15(21)19-6-8-20(9-7-19)16(22)11-13-3-2-10-24-13/h2-3,10H,4-9,11H2,1H3. The predicted octanol–water partition coefficient (Wildman–Crippen LogP) is 1.29. The second-order valence-corrected chi connectivity index (χ2v) is 6.76. The number of aryl methyl sites for hydroxylation is 2. The van der Waals surface area contributed by atoms with Crippen molar-refractivity contribution in [2.75, 3.05) is 26.2 Å². The average molecular weight is 348 g/mol. The Hall–Kier alpha value is -2.22. The topological polar surface area (TPSA) is 79.5 Å². The Morgan fingerprint density at radius 1 is 1.17 bits per heavy atom. The molecule has 2 aromatic rings.